The van der Waals surface area contributed by atoms with Crippen LogP contribution >= 0.6 is 0 Å². The molecule has 0 bridgehead atoms. The second-order valence-electron chi connectivity index (χ2n) is 8.26. The van der Waals surface area contributed by atoms with Gasteiger partial charge in [0.15, 0.2) is 0 Å². The Hall–Kier alpha value is -1.19. The molecule has 0 amide bonds. The molecule has 7 heteroatoms. The van der Waals surface area contributed by atoms with Crippen molar-refractivity contribution < 1.29 is 19.1 Å². The molecule has 0 rings (SSSR count). The van der Waals surface area contributed by atoms with E-state index in [2.05, 4.69) is 44.1 Å². The van der Waals surface area contributed by atoms with Crippen molar-refractivity contribution in [1.82, 2.24) is 4.23 Å². The lowest BCUT2D eigenvalue weighted by Gasteiger charge is -2.37. The van der Waals surface area contributed by atoms with Crippen molar-refractivity contribution in [3.8, 4) is 0 Å². The summed E-state index contributed by atoms with van der Waals surface area (Å²) in [6.07, 6.45) is 3.97. The maximum absolute atomic E-state index is 11.4. The van der Waals surface area contributed by atoms with E-state index in [4.69, 9.17) is 9.47 Å². The minimum atomic E-state index is -1.33. The standard InChI is InChI=1S/C20H39NO4Si2/c1-17(2)19(22)24-13-9-11-15-26(21(5)27(6,7)8)16-12-10-14-25-20(23)18(3)4/h26H,1,3,9-16H2,2,4-8H3. The average molecular weight is 414 g/mol. The van der Waals surface area contributed by atoms with Gasteiger partial charge in [0.2, 0.25) is 0 Å². The highest BCUT2D eigenvalue weighted by atomic mass is 28.4. The van der Waals surface area contributed by atoms with Gasteiger partial charge < -0.3 is 13.7 Å². The monoisotopic (exact) mass is 413 g/mol. The van der Waals surface area contributed by atoms with Crippen molar-refractivity contribution in [2.45, 2.75) is 71.3 Å². The third-order valence-corrected chi connectivity index (χ3v) is 13.4. The van der Waals surface area contributed by atoms with Crippen molar-refractivity contribution in [3.63, 3.8) is 0 Å². The lowest BCUT2D eigenvalue weighted by Crippen LogP contribution is -2.51. The smallest absolute Gasteiger partial charge is 0.333 e. The number of carbonyl (C=O) groups is 2. The molecule has 27 heavy (non-hydrogen) atoms. The van der Waals surface area contributed by atoms with Gasteiger partial charge >= 0.3 is 11.9 Å². The molecule has 0 saturated heterocycles. The molecule has 0 aliphatic carbocycles. The van der Waals surface area contributed by atoms with Gasteiger partial charge in [-0.15, -0.1) is 0 Å². The second kappa shape index (κ2) is 13.1. The van der Waals surface area contributed by atoms with Gasteiger partial charge in [-0.2, -0.15) is 0 Å². The number of esters is 2. The Morgan fingerprint density at radius 1 is 0.852 bits per heavy atom. The van der Waals surface area contributed by atoms with Crippen molar-refractivity contribution in [3.05, 3.63) is 24.3 Å². The van der Waals surface area contributed by atoms with Crippen LogP contribution in [0.4, 0.5) is 0 Å². The fourth-order valence-electron chi connectivity index (χ4n) is 2.62. The Morgan fingerprint density at radius 2 is 1.22 bits per heavy atom. The van der Waals surface area contributed by atoms with E-state index in [9.17, 15) is 9.59 Å². The molecule has 0 aromatic rings. The summed E-state index contributed by atoms with van der Waals surface area (Å²) in [7, 11) is -0.0900. The van der Waals surface area contributed by atoms with Gasteiger partial charge in [0, 0.05) is 11.1 Å². The first-order chi connectivity index (χ1) is 12.5. The summed E-state index contributed by atoms with van der Waals surface area (Å²) < 4.78 is 13.1. The molecular formula is C20H39NO4Si2. The van der Waals surface area contributed by atoms with Crippen LogP contribution in [0.2, 0.25) is 31.7 Å². The van der Waals surface area contributed by atoms with Crippen molar-refractivity contribution in [1.29, 1.82) is 0 Å². The Balaban J connectivity index is 4.30. The average Bonchev–Trinajstić information content (AvgIpc) is 2.57. The van der Waals surface area contributed by atoms with Crippen molar-refractivity contribution >= 4 is 29.1 Å². The minimum Gasteiger partial charge on any atom is -0.462 e. The van der Waals surface area contributed by atoms with Crippen LogP contribution in [0, 0.1) is 0 Å². The quantitative estimate of drug-likeness (QED) is 0.184. The molecule has 0 aromatic carbocycles. The van der Waals surface area contributed by atoms with Gasteiger partial charge in [-0.05, 0) is 45.8 Å². The lowest BCUT2D eigenvalue weighted by atomic mass is 10.3. The minimum absolute atomic E-state index is 0.299. The highest BCUT2D eigenvalue weighted by Crippen LogP contribution is 2.19. The largest absolute Gasteiger partial charge is 0.462 e. The Morgan fingerprint density at radius 3 is 1.52 bits per heavy atom. The predicted octanol–water partition coefficient (Wildman–Crippen LogP) is 4.28. The molecule has 156 valence electrons. The molecule has 0 atom stereocenters. The van der Waals surface area contributed by atoms with E-state index in [1.54, 1.807) is 13.8 Å². The maximum Gasteiger partial charge on any atom is 0.333 e. The second-order valence-corrected chi connectivity index (χ2v) is 17.1. The molecule has 0 spiro atoms. The molecule has 0 radical (unpaired) electrons. The van der Waals surface area contributed by atoms with Crippen molar-refractivity contribution in [2.75, 3.05) is 20.3 Å². The number of carbonyl (C=O) groups excluding carboxylic acids is 2. The molecule has 0 aliphatic heterocycles. The van der Waals surface area contributed by atoms with Crippen LogP contribution < -0.4 is 0 Å². The molecule has 0 saturated carbocycles. The zero-order valence-electron chi connectivity index (χ0n) is 18.2. The van der Waals surface area contributed by atoms with E-state index < -0.39 is 17.2 Å². The van der Waals surface area contributed by atoms with Crippen LogP contribution in [-0.2, 0) is 19.1 Å². The summed E-state index contributed by atoms with van der Waals surface area (Å²) in [5.74, 6) is -0.598. The fraction of sp³-hybridized carbons (Fsp3) is 0.700. The summed E-state index contributed by atoms with van der Waals surface area (Å²) in [6, 6.07) is 2.44. The van der Waals surface area contributed by atoms with Crippen LogP contribution in [0.3, 0.4) is 0 Å². The number of hydrogen-bond acceptors (Lipinski definition) is 5. The van der Waals surface area contributed by atoms with E-state index >= 15 is 0 Å². The summed E-state index contributed by atoms with van der Waals surface area (Å²) in [5, 5.41) is 0. The van der Waals surface area contributed by atoms with E-state index in [1.165, 1.54) is 12.1 Å². The van der Waals surface area contributed by atoms with Crippen LogP contribution in [0.25, 0.3) is 0 Å². The molecule has 5 nitrogen and oxygen atoms in total. The first kappa shape index (κ1) is 25.8. The third-order valence-electron chi connectivity index (χ3n) is 4.63. The number of unbranched alkanes of at least 4 members (excludes halogenated alkanes) is 2. The van der Waals surface area contributed by atoms with Crippen LogP contribution in [0.1, 0.15) is 39.5 Å². The molecule has 0 aromatic heterocycles. The first-order valence-electron chi connectivity index (χ1n) is 9.85. The summed E-state index contributed by atoms with van der Waals surface area (Å²) in [4.78, 5) is 22.8. The summed E-state index contributed by atoms with van der Waals surface area (Å²) in [5.41, 5.74) is 0.904. The van der Waals surface area contributed by atoms with E-state index in [-0.39, 0.29) is 11.9 Å². The van der Waals surface area contributed by atoms with Crippen molar-refractivity contribution in [2.24, 2.45) is 0 Å². The van der Waals surface area contributed by atoms with Gasteiger partial charge in [-0.25, -0.2) is 9.59 Å². The van der Waals surface area contributed by atoms with E-state index in [0.717, 1.165) is 25.7 Å². The zero-order valence-corrected chi connectivity index (χ0v) is 20.4. The van der Waals surface area contributed by atoms with Crippen LogP contribution in [0.15, 0.2) is 24.3 Å². The van der Waals surface area contributed by atoms with Gasteiger partial charge in [-0.1, -0.05) is 45.6 Å². The SMILES string of the molecule is C=C(C)C(=O)OCCCC[SiH](CCCCOC(=O)C(=C)C)N(C)[Si](C)(C)C. The topological polar surface area (TPSA) is 55.8 Å². The van der Waals surface area contributed by atoms with E-state index in [1.807, 2.05) is 0 Å². The Labute approximate surface area is 168 Å². The molecule has 0 fully saturated rings. The molecule has 0 unspecified atom stereocenters. The maximum atomic E-state index is 11.4. The third kappa shape index (κ3) is 12.0. The Kier molecular flexibility index (Phi) is 12.5. The van der Waals surface area contributed by atoms with Gasteiger partial charge in [-0.3, -0.25) is 0 Å². The molecule has 0 N–H and O–H groups in total. The summed E-state index contributed by atoms with van der Waals surface area (Å²) in [6.45, 7) is 18.6. The van der Waals surface area contributed by atoms with Gasteiger partial charge in [0.25, 0.3) is 0 Å². The summed E-state index contributed by atoms with van der Waals surface area (Å²) >= 11 is 0. The number of rotatable bonds is 14. The zero-order chi connectivity index (χ0) is 21.0. The fourth-order valence-corrected chi connectivity index (χ4v) is 10.4. The number of hydrogen-bond donors (Lipinski definition) is 0. The molecular weight excluding hydrogens is 374 g/mol. The lowest BCUT2D eigenvalue weighted by molar-refractivity contribution is -0.139. The number of nitrogens with zero attached hydrogens (tertiary/aromatic N) is 1. The van der Waals surface area contributed by atoms with E-state index in [0.29, 0.717) is 24.4 Å². The van der Waals surface area contributed by atoms with Gasteiger partial charge in [0.05, 0.1) is 13.2 Å². The van der Waals surface area contributed by atoms with Crippen LogP contribution in [-0.4, -0.2) is 53.6 Å². The van der Waals surface area contributed by atoms with Crippen LogP contribution in [0.5, 0.6) is 0 Å². The Bertz CT molecular complexity index is 479. The number of ether oxygens (including phenoxy) is 2. The normalized spacial score (nSPS) is 11.6. The first-order valence-corrected chi connectivity index (χ1v) is 15.4. The molecule has 0 aliphatic rings. The predicted molar refractivity (Wildman–Crippen MR) is 118 cm³/mol. The van der Waals surface area contributed by atoms with Gasteiger partial charge in [0.1, 0.15) is 17.2 Å². The highest BCUT2D eigenvalue weighted by molar-refractivity contribution is 6.83. The molecule has 0 heterocycles. The highest BCUT2D eigenvalue weighted by Gasteiger charge is 2.27.